The summed E-state index contributed by atoms with van der Waals surface area (Å²) in [6, 6.07) is 1.09. The number of ether oxygens (including phenoxy) is 2. The first-order valence-electron chi connectivity index (χ1n) is 5.56. The van der Waals surface area contributed by atoms with E-state index in [1.54, 1.807) is 6.92 Å². The van der Waals surface area contributed by atoms with Crippen LogP contribution in [0, 0.1) is 5.82 Å². The van der Waals surface area contributed by atoms with Crippen LogP contribution < -0.4 is 10.5 Å². The van der Waals surface area contributed by atoms with E-state index in [0.29, 0.717) is 0 Å². The number of esters is 1. The maximum absolute atomic E-state index is 13.6. The number of pyridine rings is 1. The van der Waals surface area contributed by atoms with Gasteiger partial charge < -0.3 is 15.2 Å². The molecule has 0 aliphatic rings. The zero-order chi connectivity index (χ0) is 15.3. The van der Waals surface area contributed by atoms with Gasteiger partial charge in [0.15, 0.2) is 5.82 Å². The first kappa shape index (κ1) is 16.2. The molecule has 1 aromatic rings. The van der Waals surface area contributed by atoms with Crippen LogP contribution in [0.15, 0.2) is 6.07 Å². The van der Waals surface area contributed by atoms with E-state index in [9.17, 15) is 22.4 Å². The van der Waals surface area contributed by atoms with Crippen LogP contribution in [0.1, 0.15) is 18.2 Å². The molecule has 112 valence electrons. The van der Waals surface area contributed by atoms with Crippen molar-refractivity contribution >= 4 is 5.97 Å². The molecule has 0 aliphatic carbocycles. The molecule has 9 heteroatoms. The van der Waals surface area contributed by atoms with Gasteiger partial charge in [-0.2, -0.15) is 0 Å². The smallest absolute Gasteiger partial charge is 0.466 e. The molecule has 0 unspecified atom stereocenters. The third kappa shape index (κ3) is 4.65. The SMILES string of the molecule is CCOC(=O)Cc1cc(CN)c(F)c(OC(F)(F)F)n1. The van der Waals surface area contributed by atoms with E-state index < -0.39 is 30.4 Å². The minimum atomic E-state index is -5.09. The number of nitrogens with zero attached hydrogens (tertiary/aromatic N) is 1. The standard InChI is InChI=1S/C11H12F4N2O3/c1-2-19-8(18)4-7-3-6(5-16)9(12)10(17-7)20-11(13,14)15/h3H,2,4-5,16H2,1H3. The molecule has 0 fully saturated rings. The zero-order valence-corrected chi connectivity index (χ0v) is 10.5. The highest BCUT2D eigenvalue weighted by molar-refractivity contribution is 5.72. The van der Waals surface area contributed by atoms with Crippen LogP contribution in [0.5, 0.6) is 5.88 Å². The molecule has 0 aromatic carbocycles. The van der Waals surface area contributed by atoms with Crippen LogP contribution in [-0.2, 0) is 22.5 Å². The Morgan fingerprint density at radius 1 is 1.45 bits per heavy atom. The van der Waals surface area contributed by atoms with Crippen molar-refractivity contribution in [2.75, 3.05) is 6.61 Å². The van der Waals surface area contributed by atoms with Gasteiger partial charge in [-0.3, -0.25) is 4.79 Å². The van der Waals surface area contributed by atoms with Crippen molar-refractivity contribution in [3.05, 3.63) is 23.1 Å². The van der Waals surface area contributed by atoms with Crippen molar-refractivity contribution in [1.82, 2.24) is 4.98 Å². The van der Waals surface area contributed by atoms with Crippen LogP contribution in [0.25, 0.3) is 0 Å². The summed E-state index contributed by atoms with van der Waals surface area (Å²) in [6.07, 6.45) is -5.50. The predicted octanol–water partition coefficient (Wildman–Crippen LogP) is 1.68. The molecule has 0 atom stereocenters. The number of rotatable bonds is 5. The van der Waals surface area contributed by atoms with E-state index in [0.717, 1.165) is 6.07 Å². The van der Waals surface area contributed by atoms with Crippen LogP contribution in [0.4, 0.5) is 17.6 Å². The highest BCUT2D eigenvalue weighted by Gasteiger charge is 2.34. The largest absolute Gasteiger partial charge is 0.574 e. The van der Waals surface area contributed by atoms with Crippen molar-refractivity contribution in [3.8, 4) is 5.88 Å². The summed E-state index contributed by atoms with van der Waals surface area (Å²) in [7, 11) is 0. The maximum Gasteiger partial charge on any atom is 0.574 e. The highest BCUT2D eigenvalue weighted by atomic mass is 19.4. The maximum atomic E-state index is 13.6. The first-order valence-corrected chi connectivity index (χ1v) is 5.56. The number of hydrogen-bond donors (Lipinski definition) is 1. The molecule has 20 heavy (non-hydrogen) atoms. The molecule has 0 aliphatic heterocycles. The monoisotopic (exact) mass is 296 g/mol. The third-order valence-corrected chi connectivity index (χ3v) is 2.12. The lowest BCUT2D eigenvalue weighted by Gasteiger charge is -2.12. The van der Waals surface area contributed by atoms with Gasteiger partial charge in [-0.1, -0.05) is 0 Å². The van der Waals surface area contributed by atoms with Crippen molar-refractivity contribution in [1.29, 1.82) is 0 Å². The summed E-state index contributed by atoms with van der Waals surface area (Å²) in [5.41, 5.74) is 4.86. The molecule has 5 nitrogen and oxygen atoms in total. The van der Waals surface area contributed by atoms with Crippen LogP contribution in [0.2, 0.25) is 0 Å². The van der Waals surface area contributed by atoms with Gasteiger partial charge in [0.2, 0.25) is 0 Å². The van der Waals surface area contributed by atoms with Gasteiger partial charge in [0.05, 0.1) is 18.7 Å². The number of nitrogens with two attached hydrogens (primary N) is 1. The molecular formula is C11H12F4N2O3. The zero-order valence-electron chi connectivity index (χ0n) is 10.5. The van der Waals surface area contributed by atoms with Crippen molar-refractivity contribution in [2.24, 2.45) is 5.73 Å². The first-order chi connectivity index (χ1) is 9.26. The lowest BCUT2D eigenvalue weighted by molar-refractivity contribution is -0.277. The summed E-state index contributed by atoms with van der Waals surface area (Å²) in [5.74, 6) is -3.27. The molecule has 0 bridgehead atoms. The minimum Gasteiger partial charge on any atom is -0.466 e. The average Bonchev–Trinajstić information content (AvgIpc) is 2.31. The number of alkyl halides is 3. The molecule has 0 radical (unpaired) electrons. The average molecular weight is 296 g/mol. The Labute approximate surface area is 111 Å². The minimum absolute atomic E-state index is 0.107. The van der Waals surface area contributed by atoms with Gasteiger partial charge in [0, 0.05) is 12.1 Å². The fourth-order valence-electron chi connectivity index (χ4n) is 1.39. The highest BCUT2D eigenvalue weighted by Crippen LogP contribution is 2.26. The van der Waals surface area contributed by atoms with Crippen molar-refractivity contribution in [2.45, 2.75) is 26.3 Å². The molecule has 1 rings (SSSR count). The second kappa shape index (κ2) is 6.51. The van der Waals surface area contributed by atoms with Crippen LogP contribution >= 0.6 is 0 Å². The Morgan fingerprint density at radius 2 is 2.10 bits per heavy atom. The van der Waals surface area contributed by atoms with Gasteiger partial charge in [-0.15, -0.1) is 13.2 Å². The summed E-state index contributed by atoms with van der Waals surface area (Å²) in [5, 5.41) is 0. The number of carbonyl (C=O) groups excluding carboxylic acids is 1. The Kier molecular flexibility index (Phi) is 5.26. The van der Waals surface area contributed by atoms with Crippen molar-refractivity contribution < 1.29 is 31.8 Å². The van der Waals surface area contributed by atoms with Gasteiger partial charge in [0.25, 0.3) is 5.88 Å². The third-order valence-electron chi connectivity index (χ3n) is 2.12. The summed E-state index contributed by atoms with van der Waals surface area (Å²) >= 11 is 0. The Morgan fingerprint density at radius 3 is 2.60 bits per heavy atom. The summed E-state index contributed by atoms with van der Waals surface area (Å²) in [4.78, 5) is 14.6. The van der Waals surface area contributed by atoms with E-state index in [-0.39, 0.29) is 24.4 Å². The molecule has 0 saturated carbocycles. The molecule has 1 aromatic heterocycles. The fraction of sp³-hybridized carbons (Fsp3) is 0.455. The summed E-state index contributed by atoms with van der Waals surface area (Å²) in [6.45, 7) is 1.31. The van der Waals surface area contributed by atoms with E-state index >= 15 is 0 Å². The fourth-order valence-corrected chi connectivity index (χ4v) is 1.39. The second-order valence-electron chi connectivity index (χ2n) is 3.63. The molecule has 0 saturated heterocycles. The Balaban J connectivity index is 3.08. The lowest BCUT2D eigenvalue weighted by atomic mass is 10.2. The Hall–Kier alpha value is -1.90. The van der Waals surface area contributed by atoms with Crippen LogP contribution in [0.3, 0.4) is 0 Å². The second-order valence-corrected chi connectivity index (χ2v) is 3.63. The number of halogens is 4. The Bertz CT molecular complexity index is 491. The van der Waals surface area contributed by atoms with E-state index in [1.165, 1.54) is 0 Å². The van der Waals surface area contributed by atoms with Gasteiger partial charge in [0.1, 0.15) is 0 Å². The quantitative estimate of drug-likeness (QED) is 0.661. The van der Waals surface area contributed by atoms with E-state index in [1.807, 2.05) is 0 Å². The normalized spacial score (nSPS) is 11.3. The van der Waals surface area contributed by atoms with Crippen molar-refractivity contribution in [3.63, 3.8) is 0 Å². The molecule has 2 N–H and O–H groups in total. The predicted molar refractivity (Wildman–Crippen MR) is 59.1 cm³/mol. The van der Waals surface area contributed by atoms with Crippen LogP contribution in [-0.4, -0.2) is 23.9 Å². The van der Waals surface area contributed by atoms with E-state index in [4.69, 9.17) is 5.73 Å². The molecule has 0 amide bonds. The number of aromatic nitrogens is 1. The van der Waals surface area contributed by atoms with E-state index in [2.05, 4.69) is 14.5 Å². The number of hydrogen-bond acceptors (Lipinski definition) is 5. The molecule has 0 spiro atoms. The number of carbonyl (C=O) groups is 1. The topological polar surface area (TPSA) is 74.4 Å². The van der Waals surface area contributed by atoms with Gasteiger partial charge >= 0.3 is 12.3 Å². The molecule has 1 heterocycles. The van der Waals surface area contributed by atoms with Gasteiger partial charge in [-0.05, 0) is 13.0 Å². The lowest BCUT2D eigenvalue weighted by Crippen LogP contribution is -2.20. The summed E-state index contributed by atoms with van der Waals surface area (Å²) < 4.78 is 58.0. The van der Waals surface area contributed by atoms with Gasteiger partial charge in [-0.25, -0.2) is 9.37 Å². The molecular weight excluding hydrogens is 284 g/mol.